The van der Waals surface area contributed by atoms with Gasteiger partial charge in [-0.2, -0.15) is 12.8 Å². The fourth-order valence-corrected chi connectivity index (χ4v) is 1.09. The minimum absolute atomic E-state index is 0. The summed E-state index contributed by atoms with van der Waals surface area (Å²) in [5, 5.41) is 0. The van der Waals surface area contributed by atoms with E-state index in [1.807, 2.05) is 0 Å². The van der Waals surface area contributed by atoms with Gasteiger partial charge in [-0.05, 0) is 5.92 Å². The van der Waals surface area contributed by atoms with Gasteiger partial charge in [0.25, 0.3) is 0 Å². The molecule has 1 saturated carbocycles. The van der Waals surface area contributed by atoms with E-state index >= 15 is 0 Å². The van der Waals surface area contributed by atoms with Crippen molar-refractivity contribution in [3.63, 3.8) is 0 Å². The molecule has 0 amide bonds. The van der Waals surface area contributed by atoms with Crippen molar-refractivity contribution in [3.05, 3.63) is 6.42 Å². The number of rotatable bonds is 0. The van der Waals surface area contributed by atoms with E-state index in [-0.39, 0.29) is 18.9 Å². The van der Waals surface area contributed by atoms with Gasteiger partial charge in [-0.1, -0.05) is 19.8 Å². The molecule has 1 aliphatic carbocycles. The van der Waals surface area contributed by atoms with E-state index in [1.165, 1.54) is 25.7 Å². The van der Waals surface area contributed by atoms with Crippen molar-refractivity contribution in [1.82, 2.24) is 0 Å². The standard InChI is InChI=1S/C7H13.Li/c1-7-5-3-2-4-6-7;/h2,7H,3-6H2,1H3;/q-1;+1. The first-order chi connectivity index (χ1) is 3.39. The van der Waals surface area contributed by atoms with Gasteiger partial charge in [0, 0.05) is 0 Å². The maximum atomic E-state index is 2.40. The van der Waals surface area contributed by atoms with Crippen molar-refractivity contribution in [2.24, 2.45) is 5.92 Å². The van der Waals surface area contributed by atoms with Crippen LogP contribution in [0.3, 0.4) is 0 Å². The summed E-state index contributed by atoms with van der Waals surface area (Å²) >= 11 is 0. The molecule has 0 aromatic rings. The van der Waals surface area contributed by atoms with Crippen LogP contribution in [-0.4, -0.2) is 0 Å². The molecule has 1 fully saturated rings. The van der Waals surface area contributed by atoms with E-state index < -0.39 is 0 Å². The minimum Gasteiger partial charge on any atom is -0.328 e. The Morgan fingerprint density at radius 2 is 1.75 bits per heavy atom. The largest absolute Gasteiger partial charge is 1.00 e. The van der Waals surface area contributed by atoms with Gasteiger partial charge < -0.3 is 6.42 Å². The van der Waals surface area contributed by atoms with Gasteiger partial charge in [0.2, 0.25) is 0 Å². The van der Waals surface area contributed by atoms with Crippen LogP contribution < -0.4 is 18.9 Å². The summed E-state index contributed by atoms with van der Waals surface area (Å²) in [6.07, 6.45) is 7.99. The Balaban J connectivity index is 0.000000490. The second kappa shape index (κ2) is 4.47. The molecule has 1 aliphatic rings. The van der Waals surface area contributed by atoms with Gasteiger partial charge in [-0.25, -0.2) is 0 Å². The van der Waals surface area contributed by atoms with Crippen molar-refractivity contribution in [2.45, 2.75) is 32.6 Å². The molecule has 42 valence electrons. The first-order valence-electron chi connectivity index (χ1n) is 3.21. The van der Waals surface area contributed by atoms with Gasteiger partial charge in [-0.15, -0.1) is 0 Å². The van der Waals surface area contributed by atoms with Crippen LogP contribution in [0, 0.1) is 12.3 Å². The van der Waals surface area contributed by atoms with Crippen LogP contribution in [0.25, 0.3) is 0 Å². The summed E-state index contributed by atoms with van der Waals surface area (Å²) in [7, 11) is 0. The van der Waals surface area contributed by atoms with Gasteiger partial charge in [0.05, 0.1) is 0 Å². The Bertz CT molecular complexity index is 46.3. The molecule has 0 nitrogen and oxygen atoms in total. The molecule has 0 aromatic heterocycles. The predicted octanol–water partition coefficient (Wildman–Crippen LogP) is -0.595. The molecule has 0 spiro atoms. The third-order valence-corrected chi connectivity index (χ3v) is 1.73. The summed E-state index contributed by atoms with van der Waals surface area (Å²) in [6, 6.07) is 0. The normalized spacial score (nSPS) is 22.1. The molecule has 0 bridgehead atoms. The Morgan fingerprint density at radius 1 is 1.25 bits per heavy atom. The molecule has 0 radical (unpaired) electrons. The maximum absolute atomic E-state index is 2.40. The summed E-state index contributed by atoms with van der Waals surface area (Å²) in [5.41, 5.74) is 0. The Hall–Kier alpha value is 0.597. The second-order valence-corrected chi connectivity index (χ2v) is 2.55. The van der Waals surface area contributed by atoms with Crippen molar-refractivity contribution in [3.8, 4) is 0 Å². The third kappa shape index (κ3) is 2.80. The fourth-order valence-electron chi connectivity index (χ4n) is 1.09. The van der Waals surface area contributed by atoms with Crippen LogP contribution >= 0.6 is 0 Å². The zero-order valence-electron chi connectivity index (χ0n) is 5.98. The van der Waals surface area contributed by atoms with E-state index in [0.29, 0.717) is 0 Å². The van der Waals surface area contributed by atoms with E-state index in [0.717, 1.165) is 5.92 Å². The first kappa shape index (κ1) is 8.60. The van der Waals surface area contributed by atoms with Crippen LogP contribution in [0.15, 0.2) is 0 Å². The summed E-state index contributed by atoms with van der Waals surface area (Å²) in [5.74, 6) is 1.00. The maximum Gasteiger partial charge on any atom is 1.00 e. The summed E-state index contributed by atoms with van der Waals surface area (Å²) in [4.78, 5) is 0. The minimum atomic E-state index is 0. The molecule has 0 aliphatic heterocycles. The van der Waals surface area contributed by atoms with Crippen LogP contribution in [0.5, 0.6) is 0 Å². The van der Waals surface area contributed by atoms with Gasteiger partial charge in [0.15, 0.2) is 0 Å². The van der Waals surface area contributed by atoms with Crippen LogP contribution in [0.2, 0.25) is 0 Å². The number of hydrogen-bond donors (Lipinski definition) is 0. The average Bonchev–Trinajstić information content (AvgIpc) is 1.69. The Kier molecular flexibility index (Phi) is 4.81. The van der Waals surface area contributed by atoms with Crippen LogP contribution in [0.4, 0.5) is 0 Å². The van der Waals surface area contributed by atoms with E-state index in [2.05, 4.69) is 13.3 Å². The molecule has 0 atom stereocenters. The topological polar surface area (TPSA) is 0 Å². The van der Waals surface area contributed by atoms with Gasteiger partial charge in [-0.3, -0.25) is 0 Å². The fraction of sp³-hybridized carbons (Fsp3) is 0.857. The Morgan fingerprint density at radius 3 is 2.00 bits per heavy atom. The molecule has 0 unspecified atom stereocenters. The van der Waals surface area contributed by atoms with Crippen LogP contribution in [0.1, 0.15) is 32.6 Å². The molecular weight excluding hydrogens is 91.0 g/mol. The van der Waals surface area contributed by atoms with E-state index in [1.54, 1.807) is 0 Å². The summed E-state index contributed by atoms with van der Waals surface area (Å²) in [6.45, 7) is 2.34. The predicted molar refractivity (Wildman–Crippen MR) is 31.9 cm³/mol. The van der Waals surface area contributed by atoms with Crippen molar-refractivity contribution >= 4 is 0 Å². The van der Waals surface area contributed by atoms with E-state index in [9.17, 15) is 0 Å². The monoisotopic (exact) mass is 104 g/mol. The molecule has 0 saturated heterocycles. The van der Waals surface area contributed by atoms with Crippen molar-refractivity contribution in [1.29, 1.82) is 0 Å². The molecule has 0 aromatic carbocycles. The third-order valence-electron chi connectivity index (χ3n) is 1.73. The molecule has 8 heavy (non-hydrogen) atoms. The zero-order valence-corrected chi connectivity index (χ0v) is 5.98. The zero-order chi connectivity index (χ0) is 5.11. The smallest absolute Gasteiger partial charge is 0.328 e. The van der Waals surface area contributed by atoms with Crippen LogP contribution in [-0.2, 0) is 0 Å². The number of hydrogen-bond acceptors (Lipinski definition) is 0. The molecule has 1 rings (SSSR count). The molecule has 0 heterocycles. The average molecular weight is 104 g/mol. The quantitative estimate of drug-likeness (QED) is 0.284. The van der Waals surface area contributed by atoms with Gasteiger partial charge in [0.1, 0.15) is 0 Å². The second-order valence-electron chi connectivity index (χ2n) is 2.55. The molecule has 0 N–H and O–H groups in total. The SMILES string of the molecule is CC1CC[CH-]CC1.[Li+]. The summed E-state index contributed by atoms with van der Waals surface area (Å²) < 4.78 is 0. The van der Waals surface area contributed by atoms with Crippen molar-refractivity contribution in [2.75, 3.05) is 0 Å². The molecule has 1 heteroatoms. The molecular formula is C7H13Li. The van der Waals surface area contributed by atoms with Crippen molar-refractivity contribution < 1.29 is 18.9 Å². The van der Waals surface area contributed by atoms with E-state index in [4.69, 9.17) is 0 Å². The first-order valence-corrected chi connectivity index (χ1v) is 3.21. The Labute approximate surface area is 64.2 Å². The van der Waals surface area contributed by atoms with Gasteiger partial charge >= 0.3 is 18.9 Å².